The molecule has 0 unspecified atom stereocenters. The first-order valence-corrected chi connectivity index (χ1v) is 8.73. The fraction of sp³-hybridized carbons (Fsp3) is 0.375. The number of nitrogens with zero attached hydrogens (tertiary/aromatic N) is 3. The molecule has 0 radical (unpaired) electrons. The van der Waals surface area contributed by atoms with Gasteiger partial charge in [-0.1, -0.05) is 0 Å². The van der Waals surface area contributed by atoms with Gasteiger partial charge in [-0.25, -0.2) is 4.98 Å². The molecule has 8 nitrogen and oxygen atoms in total. The predicted octanol–water partition coefficient (Wildman–Crippen LogP) is 1.22. The Morgan fingerprint density at radius 3 is 2.60 bits per heavy atom. The third-order valence-corrected chi connectivity index (χ3v) is 4.73. The number of anilines is 1. The zero-order chi connectivity index (χ0) is 17.8. The fourth-order valence-corrected chi connectivity index (χ4v) is 3.25. The molecule has 1 aliphatic rings. The molecule has 25 heavy (non-hydrogen) atoms. The lowest BCUT2D eigenvalue weighted by atomic mass is 10.2. The van der Waals surface area contributed by atoms with E-state index in [9.17, 15) is 14.4 Å². The number of aromatic nitrogens is 1. The van der Waals surface area contributed by atoms with Crippen molar-refractivity contribution in [2.45, 2.75) is 13.3 Å². The lowest BCUT2D eigenvalue weighted by Crippen LogP contribution is -2.50. The van der Waals surface area contributed by atoms with Crippen molar-refractivity contribution in [3.05, 3.63) is 35.2 Å². The SMILES string of the molecule is CC(=O)N1CCN(C(=O)Cc2csc(NC(=O)c3ccco3)n2)CC1. The summed E-state index contributed by atoms with van der Waals surface area (Å²) in [5.74, 6) is -0.172. The van der Waals surface area contributed by atoms with Gasteiger partial charge in [0.05, 0.1) is 18.4 Å². The molecule has 0 atom stereocenters. The normalized spacial score (nSPS) is 14.4. The maximum atomic E-state index is 12.3. The molecule has 1 fully saturated rings. The van der Waals surface area contributed by atoms with E-state index in [-0.39, 0.29) is 29.9 Å². The average molecular weight is 362 g/mol. The molecule has 1 N–H and O–H groups in total. The number of furan rings is 1. The van der Waals surface area contributed by atoms with Gasteiger partial charge in [0.2, 0.25) is 11.8 Å². The topological polar surface area (TPSA) is 95.8 Å². The Hall–Kier alpha value is -2.68. The largest absolute Gasteiger partial charge is 0.459 e. The van der Waals surface area contributed by atoms with Gasteiger partial charge >= 0.3 is 0 Å². The quantitative estimate of drug-likeness (QED) is 0.882. The summed E-state index contributed by atoms with van der Waals surface area (Å²) in [4.78, 5) is 43.3. The number of rotatable bonds is 4. The predicted molar refractivity (Wildman–Crippen MR) is 91.3 cm³/mol. The molecule has 3 rings (SSSR count). The molecule has 9 heteroatoms. The van der Waals surface area contributed by atoms with E-state index in [1.165, 1.54) is 24.5 Å². The fourth-order valence-electron chi connectivity index (χ4n) is 2.55. The van der Waals surface area contributed by atoms with Gasteiger partial charge in [0, 0.05) is 38.5 Å². The maximum absolute atomic E-state index is 12.3. The molecule has 1 saturated heterocycles. The summed E-state index contributed by atoms with van der Waals surface area (Å²) in [7, 11) is 0. The summed E-state index contributed by atoms with van der Waals surface area (Å²) in [5.41, 5.74) is 0.610. The van der Waals surface area contributed by atoms with E-state index in [1.54, 1.807) is 27.3 Å². The van der Waals surface area contributed by atoms with Gasteiger partial charge in [-0.2, -0.15) is 0 Å². The number of nitrogens with one attached hydrogen (secondary N) is 1. The molecular formula is C16H18N4O4S. The summed E-state index contributed by atoms with van der Waals surface area (Å²) in [6.45, 7) is 3.71. The van der Waals surface area contributed by atoms with Crippen LogP contribution in [0.5, 0.6) is 0 Å². The minimum atomic E-state index is -0.377. The van der Waals surface area contributed by atoms with Gasteiger partial charge in [0.25, 0.3) is 5.91 Å². The van der Waals surface area contributed by atoms with Crippen molar-refractivity contribution in [1.29, 1.82) is 0 Å². The second-order valence-corrected chi connectivity index (χ2v) is 6.50. The van der Waals surface area contributed by atoms with Crippen LogP contribution in [0, 0.1) is 0 Å². The van der Waals surface area contributed by atoms with E-state index >= 15 is 0 Å². The van der Waals surface area contributed by atoms with Crippen molar-refractivity contribution in [1.82, 2.24) is 14.8 Å². The molecule has 0 aromatic carbocycles. The summed E-state index contributed by atoms with van der Waals surface area (Å²) < 4.78 is 5.02. The molecule has 0 spiro atoms. The summed E-state index contributed by atoms with van der Waals surface area (Å²) in [5, 5.41) is 4.81. The Bertz CT molecular complexity index is 763. The van der Waals surface area contributed by atoms with Gasteiger partial charge in [-0.05, 0) is 12.1 Å². The molecule has 3 amide bonds. The number of hydrogen-bond acceptors (Lipinski definition) is 6. The third kappa shape index (κ3) is 4.24. The number of hydrogen-bond donors (Lipinski definition) is 1. The van der Waals surface area contributed by atoms with E-state index < -0.39 is 0 Å². The first-order valence-electron chi connectivity index (χ1n) is 7.85. The van der Waals surface area contributed by atoms with Crippen LogP contribution >= 0.6 is 11.3 Å². The molecule has 2 aromatic heterocycles. The second-order valence-electron chi connectivity index (χ2n) is 5.64. The summed E-state index contributed by atoms with van der Waals surface area (Å²) >= 11 is 1.26. The van der Waals surface area contributed by atoms with Crippen molar-refractivity contribution in [2.24, 2.45) is 0 Å². The van der Waals surface area contributed by atoms with Crippen LogP contribution in [0.3, 0.4) is 0 Å². The van der Waals surface area contributed by atoms with E-state index in [4.69, 9.17) is 4.42 Å². The minimum absolute atomic E-state index is 0.0302. The molecule has 0 aliphatic carbocycles. The molecule has 0 bridgehead atoms. The van der Waals surface area contributed by atoms with Crippen LogP contribution in [0.4, 0.5) is 5.13 Å². The lowest BCUT2D eigenvalue weighted by molar-refractivity contribution is -0.138. The number of carbonyl (C=O) groups is 3. The van der Waals surface area contributed by atoms with Crippen LogP contribution in [0.15, 0.2) is 28.2 Å². The maximum Gasteiger partial charge on any atom is 0.293 e. The van der Waals surface area contributed by atoms with Crippen molar-refractivity contribution in [3.8, 4) is 0 Å². The highest BCUT2D eigenvalue weighted by atomic mass is 32.1. The Kier molecular flexibility index (Phi) is 5.13. The first kappa shape index (κ1) is 17.2. The Morgan fingerprint density at radius 2 is 1.96 bits per heavy atom. The summed E-state index contributed by atoms with van der Waals surface area (Å²) in [6, 6.07) is 3.20. The zero-order valence-corrected chi connectivity index (χ0v) is 14.5. The van der Waals surface area contributed by atoms with E-state index in [0.29, 0.717) is 37.0 Å². The average Bonchev–Trinajstić information content (AvgIpc) is 3.27. The van der Waals surface area contributed by atoms with Gasteiger partial charge in [-0.3, -0.25) is 19.7 Å². The number of amides is 3. The second kappa shape index (κ2) is 7.47. The van der Waals surface area contributed by atoms with E-state index in [2.05, 4.69) is 10.3 Å². The van der Waals surface area contributed by atoms with Crippen molar-refractivity contribution >= 4 is 34.2 Å². The molecule has 0 saturated carbocycles. The van der Waals surface area contributed by atoms with Crippen LogP contribution in [-0.4, -0.2) is 58.7 Å². The van der Waals surface area contributed by atoms with Crippen LogP contribution in [0.25, 0.3) is 0 Å². The third-order valence-electron chi connectivity index (χ3n) is 3.93. The zero-order valence-electron chi connectivity index (χ0n) is 13.7. The first-order chi connectivity index (χ1) is 12.0. The van der Waals surface area contributed by atoms with Gasteiger partial charge in [0.1, 0.15) is 0 Å². The Balaban J connectivity index is 1.52. The van der Waals surface area contributed by atoms with Crippen LogP contribution in [-0.2, 0) is 16.0 Å². The van der Waals surface area contributed by atoms with Crippen LogP contribution in [0.1, 0.15) is 23.2 Å². The number of thiazole rings is 1. The van der Waals surface area contributed by atoms with Crippen molar-refractivity contribution < 1.29 is 18.8 Å². The number of carbonyl (C=O) groups excluding carboxylic acids is 3. The lowest BCUT2D eigenvalue weighted by Gasteiger charge is -2.34. The Labute approximate surface area is 148 Å². The van der Waals surface area contributed by atoms with Gasteiger partial charge in [-0.15, -0.1) is 11.3 Å². The minimum Gasteiger partial charge on any atom is -0.459 e. The van der Waals surface area contributed by atoms with Crippen LogP contribution in [0.2, 0.25) is 0 Å². The van der Waals surface area contributed by atoms with Gasteiger partial charge in [0.15, 0.2) is 10.9 Å². The Morgan fingerprint density at radius 1 is 1.24 bits per heavy atom. The molecule has 2 aromatic rings. The van der Waals surface area contributed by atoms with E-state index in [1.807, 2.05) is 0 Å². The standard InChI is InChI=1S/C16H18N4O4S/c1-11(21)19-4-6-20(7-5-19)14(22)9-12-10-25-16(17-12)18-15(23)13-3-2-8-24-13/h2-3,8,10H,4-7,9H2,1H3,(H,17,18,23). The monoisotopic (exact) mass is 362 g/mol. The van der Waals surface area contributed by atoms with Crippen molar-refractivity contribution in [2.75, 3.05) is 31.5 Å². The van der Waals surface area contributed by atoms with Crippen LogP contribution < -0.4 is 5.32 Å². The molecular weight excluding hydrogens is 344 g/mol. The van der Waals surface area contributed by atoms with E-state index in [0.717, 1.165) is 0 Å². The van der Waals surface area contributed by atoms with Crippen molar-refractivity contribution in [3.63, 3.8) is 0 Å². The highest BCUT2D eigenvalue weighted by Crippen LogP contribution is 2.18. The highest BCUT2D eigenvalue weighted by molar-refractivity contribution is 7.14. The molecule has 132 valence electrons. The highest BCUT2D eigenvalue weighted by Gasteiger charge is 2.23. The van der Waals surface area contributed by atoms with Gasteiger partial charge < -0.3 is 14.2 Å². The molecule has 3 heterocycles. The smallest absolute Gasteiger partial charge is 0.293 e. The molecule has 1 aliphatic heterocycles. The summed E-state index contributed by atoms with van der Waals surface area (Å²) in [6.07, 6.45) is 1.60. The number of piperazine rings is 1.